The zero-order chi connectivity index (χ0) is 13.8. The molecule has 0 saturated heterocycles. The number of benzene rings is 1. The highest BCUT2D eigenvalue weighted by molar-refractivity contribution is 5.96. The van der Waals surface area contributed by atoms with E-state index in [1.54, 1.807) is 12.4 Å². The minimum Gasteiger partial charge on any atom is -0.488 e. The van der Waals surface area contributed by atoms with Gasteiger partial charge in [0, 0.05) is 24.0 Å². The average molecular weight is 259 g/mol. The first kappa shape index (κ1) is 13.2. The SMILES string of the molecule is CC(=O)c1ccc(F)cc1OCc1cncc(C)c1. The fourth-order valence-electron chi connectivity index (χ4n) is 1.76. The van der Waals surface area contributed by atoms with Crippen LogP contribution in [-0.4, -0.2) is 10.8 Å². The van der Waals surface area contributed by atoms with E-state index in [1.165, 1.54) is 25.1 Å². The smallest absolute Gasteiger partial charge is 0.163 e. The van der Waals surface area contributed by atoms with Gasteiger partial charge in [-0.1, -0.05) is 0 Å². The van der Waals surface area contributed by atoms with Gasteiger partial charge in [0.25, 0.3) is 0 Å². The summed E-state index contributed by atoms with van der Waals surface area (Å²) in [5.74, 6) is -0.325. The number of aromatic nitrogens is 1. The van der Waals surface area contributed by atoms with Crippen molar-refractivity contribution in [3.63, 3.8) is 0 Å². The van der Waals surface area contributed by atoms with E-state index in [-0.39, 0.29) is 18.1 Å². The van der Waals surface area contributed by atoms with Crippen molar-refractivity contribution in [3.05, 3.63) is 59.2 Å². The largest absolute Gasteiger partial charge is 0.488 e. The Kier molecular flexibility index (Phi) is 3.90. The van der Waals surface area contributed by atoms with Gasteiger partial charge in [-0.2, -0.15) is 0 Å². The summed E-state index contributed by atoms with van der Waals surface area (Å²) in [6.07, 6.45) is 3.42. The summed E-state index contributed by atoms with van der Waals surface area (Å²) in [6, 6.07) is 5.83. The maximum Gasteiger partial charge on any atom is 0.163 e. The van der Waals surface area contributed by atoms with Crippen molar-refractivity contribution in [1.29, 1.82) is 0 Å². The van der Waals surface area contributed by atoms with Crippen LogP contribution in [0.25, 0.3) is 0 Å². The number of carbonyl (C=O) groups is 1. The predicted octanol–water partition coefficient (Wildman–Crippen LogP) is 3.31. The molecular formula is C15H14FNO2. The van der Waals surface area contributed by atoms with E-state index in [0.717, 1.165) is 11.1 Å². The van der Waals surface area contributed by atoms with Gasteiger partial charge in [0.1, 0.15) is 18.2 Å². The van der Waals surface area contributed by atoms with Gasteiger partial charge in [0.05, 0.1) is 5.56 Å². The molecule has 0 spiro atoms. The first-order valence-electron chi connectivity index (χ1n) is 5.90. The molecule has 1 heterocycles. The molecule has 0 radical (unpaired) electrons. The van der Waals surface area contributed by atoms with Crippen molar-refractivity contribution in [2.24, 2.45) is 0 Å². The van der Waals surface area contributed by atoms with Crippen LogP contribution in [0.1, 0.15) is 28.4 Å². The molecule has 0 N–H and O–H groups in total. The van der Waals surface area contributed by atoms with E-state index in [4.69, 9.17) is 4.74 Å². The van der Waals surface area contributed by atoms with Gasteiger partial charge >= 0.3 is 0 Å². The zero-order valence-corrected chi connectivity index (χ0v) is 10.8. The maximum atomic E-state index is 13.2. The number of carbonyl (C=O) groups excluding carboxylic acids is 1. The summed E-state index contributed by atoms with van der Waals surface area (Å²) >= 11 is 0. The molecule has 3 nitrogen and oxygen atoms in total. The lowest BCUT2D eigenvalue weighted by Gasteiger charge is -2.10. The standard InChI is InChI=1S/C15H14FNO2/c1-10-5-12(8-17-7-10)9-19-15-6-13(16)3-4-14(15)11(2)18/h3-8H,9H2,1-2H3. The van der Waals surface area contributed by atoms with Gasteiger partial charge in [-0.15, -0.1) is 0 Å². The highest BCUT2D eigenvalue weighted by atomic mass is 19.1. The number of halogens is 1. The first-order valence-corrected chi connectivity index (χ1v) is 5.90. The molecule has 19 heavy (non-hydrogen) atoms. The van der Waals surface area contributed by atoms with Crippen molar-refractivity contribution in [2.75, 3.05) is 0 Å². The number of ketones is 1. The molecule has 0 amide bonds. The molecule has 0 unspecified atom stereocenters. The van der Waals surface area contributed by atoms with Crippen LogP contribution in [0.3, 0.4) is 0 Å². The fraction of sp³-hybridized carbons (Fsp3) is 0.200. The van der Waals surface area contributed by atoms with Crippen LogP contribution in [0.15, 0.2) is 36.7 Å². The van der Waals surface area contributed by atoms with E-state index in [1.807, 2.05) is 13.0 Å². The summed E-state index contributed by atoms with van der Waals surface area (Å²) < 4.78 is 18.7. The average Bonchev–Trinajstić information content (AvgIpc) is 2.36. The summed E-state index contributed by atoms with van der Waals surface area (Å²) in [7, 11) is 0. The molecule has 2 rings (SSSR count). The Bertz CT molecular complexity index is 611. The minimum atomic E-state index is -0.428. The van der Waals surface area contributed by atoms with Gasteiger partial charge in [0.15, 0.2) is 5.78 Å². The Morgan fingerprint density at radius 3 is 2.79 bits per heavy atom. The lowest BCUT2D eigenvalue weighted by atomic mass is 10.1. The monoisotopic (exact) mass is 259 g/mol. The summed E-state index contributed by atoms with van der Waals surface area (Å²) in [5.41, 5.74) is 2.27. The van der Waals surface area contributed by atoms with Crippen LogP contribution in [0.5, 0.6) is 5.75 Å². The topological polar surface area (TPSA) is 39.2 Å². The molecule has 4 heteroatoms. The summed E-state index contributed by atoms with van der Waals surface area (Å²) in [4.78, 5) is 15.5. The van der Waals surface area contributed by atoms with E-state index in [9.17, 15) is 9.18 Å². The summed E-state index contributed by atoms with van der Waals surface area (Å²) in [5, 5.41) is 0. The normalized spacial score (nSPS) is 10.3. The first-order chi connectivity index (χ1) is 9.06. The molecule has 0 aliphatic rings. The van der Waals surface area contributed by atoms with Crippen LogP contribution in [0.4, 0.5) is 4.39 Å². The van der Waals surface area contributed by atoms with Crippen molar-refractivity contribution in [3.8, 4) is 5.75 Å². The van der Waals surface area contributed by atoms with E-state index < -0.39 is 5.82 Å². The second kappa shape index (κ2) is 5.61. The number of hydrogen-bond donors (Lipinski definition) is 0. The number of ether oxygens (including phenoxy) is 1. The third-order valence-corrected chi connectivity index (χ3v) is 2.65. The van der Waals surface area contributed by atoms with Gasteiger partial charge < -0.3 is 4.74 Å². The fourth-order valence-corrected chi connectivity index (χ4v) is 1.76. The molecule has 0 aliphatic heterocycles. The number of Topliss-reactive ketones (excluding diaryl/α,β-unsaturated/α-hetero) is 1. The quantitative estimate of drug-likeness (QED) is 0.791. The third-order valence-electron chi connectivity index (χ3n) is 2.65. The Labute approximate surface area is 111 Å². The molecular weight excluding hydrogens is 245 g/mol. The second-order valence-corrected chi connectivity index (χ2v) is 4.36. The van der Waals surface area contributed by atoms with Crippen LogP contribution < -0.4 is 4.74 Å². The van der Waals surface area contributed by atoms with Crippen LogP contribution in [-0.2, 0) is 6.61 Å². The van der Waals surface area contributed by atoms with Crippen LogP contribution >= 0.6 is 0 Å². The van der Waals surface area contributed by atoms with Gasteiger partial charge in [0.2, 0.25) is 0 Å². The number of pyridine rings is 1. The van der Waals surface area contributed by atoms with E-state index in [2.05, 4.69) is 4.98 Å². The van der Waals surface area contributed by atoms with Gasteiger partial charge in [-0.05, 0) is 37.6 Å². The Hall–Kier alpha value is -2.23. The molecule has 1 aromatic heterocycles. The lowest BCUT2D eigenvalue weighted by molar-refractivity contribution is 0.101. The minimum absolute atomic E-state index is 0.155. The molecule has 2 aromatic rings. The molecule has 0 fully saturated rings. The predicted molar refractivity (Wildman–Crippen MR) is 69.7 cm³/mol. The van der Waals surface area contributed by atoms with Crippen molar-refractivity contribution < 1.29 is 13.9 Å². The maximum absolute atomic E-state index is 13.2. The number of rotatable bonds is 4. The Balaban J connectivity index is 2.19. The highest BCUT2D eigenvalue weighted by Crippen LogP contribution is 2.21. The third kappa shape index (κ3) is 3.37. The molecule has 0 saturated carbocycles. The second-order valence-electron chi connectivity index (χ2n) is 4.36. The molecule has 98 valence electrons. The highest BCUT2D eigenvalue weighted by Gasteiger charge is 2.10. The molecule has 0 atom stereocenters. The number of nitrogens with zero attached hydrogens (tertiary/aromatic N) is 1. The zero-order valence-electron chi connectivity index (χ0n) is 10.8. The van der Waals surface area contributed by atoms with Crippen LogP contribution in [0, 0.1) is 12.7 Å². The van der Waals surface area contributed by atoms with Gasteiger partial charge in [-0.25, -0.2) is 4.39 Å². The van der Waals surface area contributed by atoms with Gasteiger partial charge in [-0.3, -0.25) is 9.78 Å². The molecule has 1 aromatic carbocycles. The molecule has 0 aliphatic carbocycles. The lowest BCUT2D eigenvalue weighted by Crippen LogP contribution is -2.02. The van der Waals surface area contributed by atoms with E-state index in [0.29, 0.717) is 5.56 Å². The number of hydrogen-bond acceptors (Lipinski definition) is 3. The van der Waals surface area contributed by atoms with Crippen molar-refractivity contribution in [2.45, 2.75) is 20.5 Å². The summed E-state index contributed by atoms with van der Waals surface area (Å²) in [6.45, 7) is 3.60. The van der Waals surface area contributed by atoms with E-state index >= 15 is 0 Å². The number of aryl methyl sites for hydroxylation is 1. The van der Waals surface area contributed by atoms with Crippen molar-refractivity contribution >= 4 is 5.78 Å². The molecule has 0 bridgehead atoms. The Morgan fingerprint density at radius 1 is 1.32 bits per heavy atom. The Morgan fingerprint density at radius 2 is 2.11 bits per heavy atom. The van der Waals surface area contributed by atoms with Crippen molar-refractivity contribution in [1.82, 2.24) is 4.98 Å². The van der Waals surface area contributed by atoms with Crippen LogP contribution in [0.2, 0.25) is 0 Å².